The average Bonchev–Trinajstić information content (AvgIpc) is 1.90. The second-order valence-corrected chi connectivity index (χ2v) is 1.65. The van der Waals surface area contributed by atoms with Crippen molar-refractivity contribution in [2.24, 2.45) is 10.8 Å². The standard InChI is InChI=1S/C4H10N4.2ClH/c5-8-4-6-2-1-3-7-4;;/h1-3,5H2,(H2,6,7,8);2*1H. The number of nitrogens with one attached hydrogen (secondary N) is 2. The lowest BCUT2D eigenvalue weighted by atomic mass is 10.4. The number of nitrogens with two attached hydrogens (primary N) is 1. The molecule has 4 nitrogen and oxygen atoms in total. The number of halogens is 2. The molecule has 1 rings (SSSR count). The smallest absolute Gasteiger partial charge is 0.205 e. The van der Waals surface area contributed by atoms with Crippen LogP contribution in [0.15, 0.2) is 4.99 Å². The number of aliphatic imine (C=N–C) groups is 1. The molecule has 0 aliphatic carbocycles. The molecule has 0 spiro atoms. The molecular weight excluding hydrogens is 175 g/mol. The minimum atomic E-state index is 0. The number of hydrogen-bond donors (Lipinski definition) is 3. The van der Waals surface area contributed by atoms with Crippen molar-refractivity contribution in [3.63, 3.8) is 0 Å². The number of guanidine groups is 1. The van der Waals surface area contributed by atoms with E-state index in [-0.39, 0.29) is 24.8 Å². The molecule has 1 heterocycles. The molecule has 0 fully saturated rings. The lowest BCUT2D eigenvalue weighted by Gasteiger charge is -2.12. The van der Waals surface area contributed by atoms with Crippen LogP contribution in [0.4, 0.5) is 0 Å². The molecule has 0 aromatic heterocycles. The Balaban J connectivity index is 0. The third kappa shape index (κ3) is 3.76. The monoisotopic (exact) mass is 186 g/mol. The summed E-state index contributed by atoms with van der Waals surface area (Å²) >= 11 is 0. The highest BCUT2D eigenvalue weighted by Gasteiger charge is 1.98. The maximum absolute atomic E-state index is 5.06. The van der Waals surface area contributed by atoms with E-state index in [4.69, 9.17) is 5.84 Å². The van der Waals surface area contributed by atoms with Crippen LogP contribution in [0.3, 0.4) is 0 Å². The zero-order valence-electron chi connectivity index (χ0n) is 5.46. The van der Waals surface area contributed by atoms with Gasteiger partial charge in [0.1, 0.15) is 0 Å². The fourth-order valence-corrected chi connectivity index (χ4v) is 0.629. The van der Waals surface area contributed by atoms with Crippen LogP contribution in [0, 0.1) is 0 Å². The Bertz CT molecular complexity index is 105. The van der Waals surface area contributed by atoms with Gasteiger partial charge in [0.2, 0.25) is 5.96 Å². The third-order valence-electron chi connectivity index (χ3n) is 1.03. The normalized spacial score (nSPS) is 15.1. The first kappa shape index (κ1) is 12.5. The van der Waals surface area contributed by atoms with Crippen LogP contribution < -0.4 is 16.6 Å². The van der Waals surface area contributed by atoms with Gasteiger partial charge in [0.05, 0.1) is 0 Å². The molecule has 1 aliphatic rings. The Morgan fingerprint density at radius 3 is 2.50 bits per heavy atom. The Kier molecular flexibility index (Phi) is 8.64. The van der Waals surface area contributed by atoms with Crippen molar-refractivity contribution in [1.82, 2.24) is 10.7 Å². The molecule has 4 N–H and O–H groups in total. The van der Waals surface area contributed by atoms with Crippen molar-refractivity contribution in [3.05, 3.63) is 0 Å². The number of nitrogens with zero attached hydrogens (tertiary/aromatic N) is 1. The van der Waals surface area contributed by atoms with E-state index in [9.17, 15) is 0 Å². The summed E-state index contributed by atoms with van der Waals surface area (Å²) in [6, 6.07) is 0. The fourth-order valence-electron chi connectivity index (χ4n) is 0.629. The lowest BCUT2D eigenvalue weighted by Crippen LogP contribution is -2.44. The summed E-state index contributed by atoms with van der Waals surface area (Å²) in [6.45, 7) is 1.86. The van der Waals surface area contributed by atoms with Crippen LogP contribution in [0.1, 0.15) is 6.42 Å². The van der Waals surface area contributed by atoms with E-state index in [1.165, 1.54) is 0 Å². The van der Waals surface area contributed by atoms with Gasteiger partial charge >= 0.3 is 0 Å². The van der Waals surface area contributed by atoms with Crippen LogP contribution in [-0.4, -0.2) is 19.0 Å². The van der Waals surface area contributed by atoms with E-state index in [1.807, 2.05) is 0 Å². The molecule has 0 atom stereocenters. The predicted octanol–water partition coefficient (Wildman–Crippen LogP) is -0.357. The zero-order valence-corrected chi connectivity index (χ0v) is 7.10. The Hall–Kier alpha value is -0.190. The summed E-state index contributed by atoms with van der Waals surface area (Å²) in [7, 11) is 0. The van der Waals surface area contributed by atoms with Crippen molar-refractivity contribution in [3.8, 4) is 0 Å². The topological polar surface area (TPSA) is 62.4 Å². The zero-order chi connectivity index (χ0) is 5.82. The number of hydrogen-bond acceptors (Lipinski definition) is 4. The van der Waals surface area contributed by atoms with Crippen LogP contribution in [0.2, 0.25) is 0 Å². The molecule has 0 aromatic rings. The highest BCUT2D eigenvalue weighted by atomic mass is 35.5. The molecule has 0 bridgehead atoms. The van der Waals surface area contributed by atoms with Gasteiger partial charge in [-0.1, -0.05) is 0 Å². The largest absolute Gasteiger partial charge is 0.355 e. The van der Waals surface area contributed by atoms with Gasteiger partial charge in [-0.05, 0) is 6.42 Å². The molecule has 0 aromatic carbocycles. The quantitative estimate of drug-likeness (QED) is 0.358. The molecule has 0 amide bonds. The second kappa shape index (κ2) is 6.92. The van der Waals surface area contributed by atoms with Gasteiger partial charge in [-0.25, -0.2) is 5.84 Å². The SMILES string of the molecule is Cl.Cl.NNC1=NCCCN1. The molecular formula is C4H12Cl2N4. The molecule has 6 heteroatoms. The highest BCUT2D eigenvalue weighted by molar-refractivity contribution is 5.85. The van der Waals surface area contributed by atoms with Crippen LogP contribution >= 0.6 is 24.8 Å². The maximum Gasteiger partial charge on any atom is 0.205 e. The summed E-state index contributed by atoms with van der Waals surface area (Å²) in [4.78, 5) is 4.02. The first-order valence-electron chi connectivity index (χ1n) is 2.68. The van der Waals surface area contributed by atoms with Crippen molar-refractivity contribution in [2.75, 3.05) is 13.1 Å². The van der Waals surface area contributed by atoms with Crippen molar-refractivity contribution >= 4 is 30.8 Å². The third-order valence-corrected chi connectivity index (χ3v) is 1.03. The highest BCUT2D eigenvalue weighted by Crippen LogP contribution is 1.84. The molecule has 10 heavy (non-hydrogen) atoms. The van der Waals surface area contributed by atoms with Crippen molar-refractivity contribution < 1.29 is 0 Å². The Morgan fingerprint density at radius 2 is 2.20 bits per heavy atom. The van der Waals surface area contributed by atoms with E-state index in [0.717, 1.165) is 19.5 Å². The first-order chi connectivity index (χ1) is 3.93. The molecule has 0 radical (unpaired) electrons. The Labute approximate surface area is 72.4 Å². The fraction of sp³-hybridized carbons (Fsp3) is 0.750. The number of hydrazine groups is 1. The van der Waals surface area contributed by atoms with Gasteiger partial charge in [0.15, 0.2) is 0 Å². The van der Waals surface area contributed by atoms with Gasteiger partial charge in [-0.15, -0.1) is 24.8 Å². The van der Waals surface area contributed by atoms with Gasteiger partial charge in [0.25, 0.3) is 0 Å². The minimum absolute atomic E-state index is 0. The number of rotatable bonds is 0. The molecule has 0 saturated heterocycles. The second-order valence-electron chi connectivity index (χ2n) is 1.65. The van der Waals surface area contributed by atoms with E-state index in [1.54, 1.807) is 0 Å². The summed E-state index contributed by atoms with van der Waals surface area (Å²) in [5, 5.41) is 2.98. The Morgan fingerprint density at radius 1 is 1.50 bits per heavy atom. The summed E-state index contributed by atoms with van der Waals surface area (Å²) in [6.07, 6.45) is 1.10. The van der Waals surface area contributed by atoms with Crippen molar-refractivity contribution in [2.45, 2.75) is 6.42 Å². The van der Waals surface area contributed by atoms with E-state index >= 15 is 0 Å². The van der Waals surface area contributed by atoms with Crippen LogP contribution in [-0.2, 0) is 0 Å². The van der Waals surface area contributed by atoms with Gasteiger partial charge in [-0.2, -0.15) is 0 Å². The summed E-state index contributed by atoms with van der Waals surface area (Å²) in [5.74, 6) is 5.76. The van der Waals surface area contributed by atoms with Gasteiger partial charge < -0.3 is 5.32 Å². The predicted molar refractivity (Wildman–Crippen MR) is 46.7 cm³/mol. The molecule has 62 valence electrons. The molecule has 1 aliphatic heterocycles. The maximum atomic E-state index is 5.06. The lowest BCUT2D eigenvalue weighted by molar-refractivity contribution is 0.711. The van der Waals surface area contributed by atoms with Crippen molar-refractivity contribution in [1.29, 1.82) is 0 Å². The molecule has 0 saturated carbocycles. The van der Waals surface area contributed by atoms with E-state index < -0.39 is 0 Å². The van der Waals surface area contributed by atoms with Crippen LogP contribution in [0.5, 0.6) is 0 Å². The average molecular weight is 187 g/mol. The van der Waals surface area contributed by atoms with Gasteiger partial charge in [-0.3, -0.25) is 10.4 Å². The van der Waals surface area contributed by atoms with E-state index in [2.05, 4.69) is 15.7 Å². The minimum Gasteiger partial charge on any atom is -0.355 e. The van der Waals surface area contributed by atoms with Crippen LogP contribution in [0.25, 0.3) is 0 Å². The summed E-state index contributed by atoms with van der Waals surface area (Å²) in [5.41, 5.74) is 2.44. The molecule has 0 unspecified atom stereocenters. The van der Waals surface area contributed by atoms with Gasteiger partial charge in [0, 0.05) is 13.1 Å². The van der Waals surface area contributed by atoms with E-state index in [0.29, 0.717) is 5.96 Å². The summed E-state index contributed by atoms with van der Waals surface area (Å²) < 4.78 is 0. The first-order valence-corrected chi connectivity index (χ1v) is 2.68.